The third kappa shape index (κ3) is 3.41. The number of benzene rings is 3. The number of carbonyl (C=O) groups excluding carboxylic acids is 2. The zero-order valence-corrected chi connectivity index (χ0v) is 15.8. The van der Waals surface area contributed by atoms with Gasteiger partial charge in [-0.1, -0.05) is 66.2 Å². The molecule has 1 atom stereocenters. The van der Waals surface area contributed by atoms with Crippen LogP contribution < -0.4 is 0 Å². The van der Waals surface area contributed by atoms with E-state index >= 15 is 0 Å². The van der Waals surface area contributed by atoms with E-state index in [9.17, 15) is 9.59 Å². The minimum atomic E-state index is -0.414. The summed E-state index contributed by atoms with van der Waals surface area (Å²) in [5, 5.41) is 0. The van der Waals surface area contributed by atoms with Crippen LogP contribution >= 0.6 is 0 Å². The zero-order chi connectivity index (χ0) is 19.5. The van der Waals surface area contributed by atoms with Gasteiger partial charge in [0.1, 0.15) is 6.17 Å². The van der Waals surface area contributed by atoms with Crippen molar-refractivity contribution in [1.82, 2.24) is 9.80 Å². The van der Waals surface area contributed by atoms with Gasteiger partial charge in [-0.2, -0.15) is 0 Å². The van der Waals surface area contributed by atoms with E-state index in [1.165, 1.54) is 0 Å². The Morgan fingerprint density at radius 1 is 0.679 bits per heavy atom. The van der Waals surface area contributed by atoms with Crippen LogP contribution in [-0.4, -0.2) is 34.7 Å². The highest BCUT2D eigenvalue weighted by molar-refractivity contribution is 5.97. The second-order valence-electron chi connectivity index (χ2n) is 7.01. The first-order valence-electron chi connectivity index (χ1n) is 9.44. The van der Waals surface area contributed by atoms with Crippen molar-refractivity contribution in [2.45, 2.75) is 13.1 Å². The van der Waals surface area contributed by atoms with E-state index < -0.39 is 6.17 Å². The van der Waals surface area contributed by atoms with Crippen molar-refractivity contribution in [2.24, 2.45) is 0 Å². The molecule has 1 aliphatic rings. The zero-order valence-electron chi connectivity index (χ0n) is 15.8. The first-order chi connectivity index (χ1) is 13.6. The topological polar surface area (TPSA) is 40.6 Å². The average molecular weight is 370 g/mol. The summed E-state index contributed by atoms with van der Waals surface area (Å²) in [4.78, 5) is 30.0. The Bertz CT molecular complexity index is 969. The number of hydrogen-bond acceptors (Lipinski definition) is 2. The van der Waals surface area contributed by atoms with Crippen LogP contribution in [0.2, 0.25) is 0 Å². The minimum Gasteiger partial charge on any atom is -0.312 e. The molecule has 1 fully saturated rings. The monoisotopic (exact) mass is 370 g/mol. The highest BCUT2D eigenvalue weighted by atomic mass is 16.2. The number of hydrogen-bond donors (Lipinski definition) is 0. The van der Waals surface area contributed by atoms with Gasteiger partial charge in [0.05, 0.1) is 0 Å². The Morgan fingerprint density at radius 2 is 1.14 bits per heavy atom. The predicted molar refractivity (Wildman–Crippen MR) is 109 cm³/mol. The van der Waals surface area contributed by atoms with Gasteiger partial charge in [-0.05, 0) is 36.8 Å². The molecular weight excluding hydrogens is 348 g/mol. The van der Waals surface area contributed by atoms with Crippen LogP contribution in [-0.2, 0) is 0 Å². The molecule has 140 valence electrons. The maximum atomic E-state index is 13.2. The Hall–Kier alpha value is -3.40. The molecule has 1 heterocycles. The van der Waals surface area contributed by atoms with Crippen molar-refractivity contribution in [3.05, 3.63) is 107 Å². The van der Waals surface area contributed by atoms with Crippen LogP contribution in [0.3, 0.4) is 0 Å². The van der Waals surface area contributed by atoms with E-state index in [-0.39, 0.29) is 11.8 Å². The molecule has 3 aromatic carbocycles. The molecule has 1 aliphatic heterocycles. The predicted octanol–water partition coefficient (Wildman–Crippen LogP) is 4.29. The fourth-order valence-corrected chi connectivity index (χ4v) is 3.65. The molecule has 1 saturated heterocycles. The second kappa shape index (κ2) is 7.69. The van der Waals surface area contributed by atoms with Gasteiger partial charge in [0.15, 0.2) is 0 Å². The van der Waals surface area contributed by atoms with Crippen LogP contribution in [0, 0.1) is 6.92 Å². The Balaban J connectivity index is 1.70. The molecule has 3 aromatic rings. The highest BCUT2D eigenvalue weighted by Crippen LogP contribution is 2.32. The maximum absolute atomic E-state index is 13.2. The minimum absolute atomic E-state index is 0.0581. The number of nitrogens with zero attached hydrogens (tertiary/aromatic N) is 2. The van der Waals surface area contributed by atoms with Gasteiger partial charge in [0.25, 0.3) is 11.8 Å². The fraction of sp³-hybridized carbons (Fsp3) is 0.167. The third-order valence-corrected chi connectivity index (χ3v) is 5.11. The Kier molecular flexibility index (Phi) is 4.94. The van der Waals surface area contributed by atoms with Gasteiger partial charge in [-0.15, -0.1) is 0 Å². The smallest absolute Gasteiger partial charge is 0.255 e. The van der Waals surface area contributed by atoms with Gasteiger partial charge in [0.2, 0.25) is 0 Å². The van der Waals surface area contributed by atoms with E-state index in [1.54, 1.807) is 9.80 Å². The molecule has 4 rings (SSSR count). The third-order valence-electron chi connectivity index (χ3n) is 5.11. The van der Waals surface area contributed by atoms with Gasteiger partial charge < -0.3 is 9.80 Å². The number of amides is 2. The fourth-order valence-electron chi connectivity index (χ4n) is 3.65. The highest BCUT2D eigenvalue weighted by Gasteiger charge is 2.39. The molecule has 4 nitrogen and oxygen atoms in total. The second-order valence-corrected chi connectivity index (χ2v) is 7.01. The summed E-state index contributed by atoms with van der Waals surface area (Å²) >= 11 is 0. The molecule has 0 aliphatic carbocycles. The van der Waals surface area contributed by atoms with Crippen molar-refractivity contribution in [3.63, 3.8) is 0 Å². The first kappa shape index (κ1) is 18.0. The van der Waals surface area contributed by atoms with Gasteiger partial charge >= 0.3 is 0 Å². The lowest BCUT2D eigenvalue weighted by Crippen LogP contribution is -2.38. The van der Waals surface area contributed by atoms with E-state index in [2.05, 4.69) is 0 Å². The lowest BCUT2D eigenvalue weighted by molar-refractivity contribution is 0.0545. The first-order valence-corrected chi connectivity index (χ1v) is 9.44. The summed E-state index contributed by atoms with van der Waals surface area (Å²) in [6.45, 7) is 3.01. The number of rotatable bonds is 3. The van der Waals surface area contributed by atoms with Crippen LogP contribution in [0.1, 0.15) is 38.0 Å². The summed E-state index contributed by atoms with van der Waals surface area (Å²) in [6, 6.07) is 26.6. The molecule has 4 heteroatoms. The van der Waals surface area contributed by atoms with Gasteiger partial charge in [-0.3, -0.25) is 9.59 Å². The van der Waals surface area contributed by atoms with Crippen LogP contribution in [0.5, 0.6) is 0 Å². The quantitative estimate of drug-likeness (QED) is 0.690. The summed E-state index contributed by atoms with van der Waals surface area (Å²) in [6.07, 6.45) is -0.414. The van der Waals surface area contributed by atoms with Crippen molar-refractivity contribution in [1.29, 1.82) is 0 Å². The van der Waals surface area contributed by atoms with Crippen LogP contribution in [0.15, 0.2) is 84.9 Å². The van der Waals surface area contributed by atoms with Crippen molar-refractivity contribution in [2.75, 3.05) is 13.1 Å². The summed E-state index contributed by atoms with van der Waals surface area (Å²) in [5.74, 6) is -0.120. The summed E-state index contributed by atoms with van der Waals surface area (Å²) < 4.78 is 0. The molecule has 0 aromatic heterocycles. The lowest BCUT2D eigenvalue weighted by atomic mass is 10.1. The molecule has 0 bridgehead atoms. The van der Waals surface area contributed by atoms with Gasteiger partial charge in [0, 0.05) is 24.2 Å². The molecule has 0 saturated carbocycles. The molecule has 2 amide bonds. The molecular formula is C24H22N2O2. The normalized spacial score (nSPS) is 16.2. The lowest BCUT2D eigenvalue weighted by Gasteiger charge is -2.31. The standard InChI is InChI=1S/C24H22N2O2/c1-18-12-14-21(15-13-18)24(28)26-17-16-25(22(26)19-8-4-2-5-9-19)23(27)20-10-6-3-7-11-20/h2-15,22H,16-17H2,1H3/t22-/m1/s1. The molecule has 0 unspecified atom stereocenters. The van der Waals surface area contributed by atoms with E-state index in [0.29, 0.717) is 24.2 Å². The average Bonchev–Trinajstić information content (AvgIpc) is 3.19. The Labute approximate surface area is 165 Å². The van der Waals surface area contributed by atoms with E-state index in [1.807, 2.05) is 91.9 Å². The van der Waals surface area contributed by atoms with Crippen molar-refractivity contribution >= 4 is 11.8 Å². The van der Waals surface area contributed by atoms with Crippen LogP contribution in [0.25, 0.3) is 0 Å². The summed E-state index contributed by atoms with van der Waals surface area (Å²) in [5.41, 5.74) is 3.32. The number of carbonyl (C=O) groups is 2. The molecule has 0 spiro atoms. The van der Waals surface area contributed by atoms with Crippen LogP contribution in [0.4, 0.5) is 0 Å². The van der Waals surface area contributed by atoms with E-state index in [4.69, 9.17) is 0 Å². The van der Waals surface area contributed by atoms with Gasteiger partial charge in [-0.25, -0.2) is 0 Å². The number of aryl methyl sites for hydroxylation is 1. The van der Waals surface area contributed by atoms with Crippen molar-refractivity contribution < 1.29 is 9.59 Å². The van der Waals surface area contributed by atoms with Crippen molar-refractivity contribution in [3.8, 4) is 0 Å². The Morgan fingerprint density at radius 3 is 1.68 bits per heavy atom. The summed E-state index contributed by atoms with van der Waals surface area (Å²) in [7, 11) is 0. The SMILES string of the molecule is Cc1ccc(C(=O)N2CCN(C(=O)c3ccccc3)[C@H]2c2ccccc2)cc1. The molecule has 0 radical (unpaired) electrons. The molecule has 28 heavy (non-hydrogen) atoms. The molecule has 0 N–H and O–H groups in total. The maximum Gasteiger partial charge on any atom is 0.255 e. The largest absolute Gasteiger partial charge is 0.312 e. The van der Waals surface area contributed by atoms with E-state index in [0.717, 1.165) is 11.1 Å².